The van der Waals surface area contributed by atoms with Crippen molar-refractivity contribution in [1.82, 2.24) is 5.32 Å². The van der Waals surface area contributed by atoms with Gasteiger partial charge in [-0.25, -0.2) is 0 Å². The van der Waals surface area contributed by atoms with E-state index in [1.165, 1.54) is 18.4 Å². The minimum Gasteiger partial charge on any atom is -0.469 e. The summed E-state index contributed by atoms with van der Waals surface area (Å²) in [7, 11) is 1.36. The van der Waals surface area contributed by atoms with Gasteiger partial charge in [-0.05, 0) is 6.07 Å². The fourth-order valence-corrected chi connectivity index (χ4v) is 1.95. The van der Waals surface area contributed by atoms with Crippen molar-refractivity contribution in [3.63, 3.8) is 0 Å². The van der Waals surface area contributed by atoms with Crippen molar-refractivity contribution >= 4 is 23.2 Å². The first-order valence-corrected chi connectivity index (χ1v) is 5.66. The van der Waals surface area contributed by atoms with Crippen LogP contribution in [0.25, 0.3) is 0 Å². The average molecular weight is 242 g/mol. The third-order valence-corrected chi connectivity index (χ3v) is 2.91. The third-order valence-electron chi connectivity index (χ3n) is 1.97. The largest absolute Gasteiger partial charge is 0.469 e. The van der Waals surface area contributed by atoms with Crippen molar-refractivity contribution in [3.8, 4) is 0 Å². The highest BCUT2D eigenvalue weighted by molar-refractivity contribution is 7.10. The van der Waals surface area contributed by atoms with E-state index >= 15 is 0 Å². The fourth-order valence-electron chi connectivity index (χ4n) is 1.11. The highest BCUT2D eigenvalue weighted by Gasteiger charge is 2.04. The van der Waals surface area contributed by atoms with E-state index in [0.29, 0.717) is 25.1 Å². The van der Waals surface area contributed by atoms with Crippen LogP contribution in [0.3, 0.4) is 0 Å². The van der Waals surface area contributed by atoms with Gasteiger partial charge >= 0.3 is 5.97 Å². The topological polar surface area (TPSA) is 81.4 Å². The van der Waals surface area contributed by atoms with Crippen molar-refractivity contribution < 1.29 is 14.3 Å². The second-order valence-electron chi connectivity index (χ2n) is 3.17. The molecule has 0 fully saturated rings. The molecule has 0 spiro atoms. The van der Waals surface area contributed by atoms with E-state index in [-0.39, 0.29) is 5.97 Å². The molecule has 1 rings (SSSR count). The average Bonchev–Trinajstić information content (AvgIpc) is 2.72. The van der Waals surface area contributed by atoms with Crippen molar-refractivity contribution in [3.05, 3.63) is 21.9 Å². The van der Waals surface area contributed by atoms with Crippen LogP contribution >= 0.6 is 11.3 Å². The molecule has 0 saturated carbocycles. The molecule has 0 radical (unpaired) electrons. The number of thiophene rings is 1. The van der Waals surface area contributed by atoms with E-state index in [1.54, 1.807) is 11.4 Å². The number of primary amides is 1. The minimum atomic E-state index is -0.419. The maximum atomic E-state index is 10.8. The van der Waals surface area contributed by atoms with Crippen molar-refractivity contribution in [1.29, 1.82) is 0 Å². The fraction of sp³-hybridized carbons (Fsp3) is 0.400. The summed E-state index contributed by atoms with van der Waals surface area (Å²) >= 11 is 1.46. The lowest BCUT2D eigenvalue weighted by Crippen LogP contribution is -2.18. The Balaban J connectivity index is 2.27. The zero-order valence-corrected chi connectivity index (χ0v) is 9.80. The first-order valence-electron chi connectivity index (χ1n) is 4.78. The van der Waals surface area contributed by atoms with Crippen LogP contribution in [0, 0.1) is 0 Å². The smallest absolute Gasteiger partial charge is 0.306 e. The van der Waals surface area contributed by atoms with Crippen LogP contribution in [0.5, 0.6) is 0 Å². The molecule has 1 heterocycles. The summed E-state index contributed by atoms with van der Waals surface area (Å²) in [6, 6.07) is 1.75. The van der Waals surface area contributed by atoms with Gasteiger partial charge < -0.3 is 15.8 Å². The van der Waals surface area contributed by atoms with E-state index in [0.717, 1.165) is 4.88 Å². The van der Waals surface area contributed by atoms with Gasteiger partial charge in [0.1, 0.15) is 0 Å². The zero-order chi connectivity index (χ0) is 12.0. The van der Waals surface area contributed by atoms with Crippen LogP contribution in [0.2, 0.25) is 0 Å². The van der Waals surface area contributed by atoms with Crippen molar-refractivity contribution in [2.45, 2.75) is 13.0 Å². The molecule has 0 aromatic carbocycles. The predicted molar refractivity (Wildman–Crippen MR) is 61.2 cm³/mol. The van der Waals surface area contributed by atoms with Crippen LogP contribution in [0.4, 0.5) is 0 Å². The molecule has 0 aliphatic heterocycles. The SMILES string of the molecule is COC(=O)CCNCc1cc(C(N)=O)cs1. The lowest BCUT2D eigenvalue weighted by molar-refractivity contribution is -0.140. The van der Waals surface area contributed by atoms with Crippen LogP contribution < -0.4 is 11.1 Å². The molecule has 0 aliphatic rings. The van der Waals surface area contributed by atoms with Crippen LogP contribution in [0.1, 0.15) is 21.7 Å². The molecule has 3 N–H and O–H groups in total. The number of esters is 1. The molecule has 0 bridgehead atoms. The monoisotopic (exact) mass is 242 g/mol. The number of nitrogens with one attached hydrogen (secondary N) is 1. The normalized spacial score (nSPS) is 10.1. The molecular formula is C10H14N2O3S. The first kappa shape index (κ1) is 12.7. The summed E-state index contributed by atoms with van der Waals surface area (Å²) in [6.07, 6.45) is 0.338. The minimum absolute atomic E-state index is 0.239. The molecular weight excluding hydrogens is 228 g/mol. The zero-order valence-electron chi connectivity index (χ0n) is 8.99. The number of nitrogens with two attached hydrogens (primary N) is 1. The molecule has 88 valence electrons. The molecule has 1 aromatic heterocycles. The van der Waals surface area contributed by atoms with Gasteiger partial charge in [-0.2, -0.15) is 0 Å². The van der Waals surface area contributed by atoms with E-state index in [4.69, 9.17) is 5.73 Å². The Hall–Kier alpha value is -1.40. The number of hydrogen-bond donors (Lipinski definition) is 2. The summed E-state index contributed by atoms with van der Waals surface area (Å²) in [4.78, 5) is 22.6. The first-order chi connectivity index (χ1) is 7.63. The van der Waals surface area contributed by atoms with E-state index < -0.39 is 5.91 Å². The highest BCUT2D eigenvalue weighted by Crippen LogP contribution is 2.13. The Bertz CT molecular complexity index is 376. The Kier molecular flexibility index (Phi) is 4.94. The second kappa shape index (κ2) is 6.24. The summed E-state index contributed by atoms with van der Waals surface area (Å²) < 4.78 is 4.50. The van der Waals surface area contributed by atoms with Crippen LogP contribution in [-0.2, 0) is 16.1 Å². The van der Waals surface area contributed by atoms with Crippen LogP contribution in [-0.4, -0.2) is 25.5 Å². The number of methoxy groups -OCH3 is 1. The number of carbonyl (C=O) groups is 2. The molecule has 0 unspecified atom stereocenters. The van der Waals surface area contributed by atoms with Crippen molar-refractivity contribution in [2.24, 2.45) is 5.73 Å². The summed E-state index contributed by atoms with van der Waals surface area (Å²) in [5.74, 6) is -0.659. The lowest BCUT2D eigenvalue weighted by Gasteiger charge is -2.01. The summed E-state index contributed by atoms with van der Waals surface area (Å²) in [6.45, 7) is 1.17. The number of ether oxygens (including phenoxy) is 1. The van der Waals surface area contributed by atoms with Gasteiger partial charge in [0, 0.05) is 23.3 Å². The van der Waals surface area contributed by atoms with Gasteiger partial charge in [0.2, 0.25) is 5.91 Å². The molecule has 1 aromatic rings. The van der Waals surface area contributed by atoms with E-state index in [9.17, 15) is 9.59 Å². The van der Waals surface area contributed by atoms with Gasteiger partial charge in [0.25, 0.3) is 0 Å². The van der Waals surface area contributed by atoms with Gasteiger partial charge in [-0.15, -0.1) is 11.3 Å². The van der Waals surface area contributed by atoms with E-state index in [2.05, 4.69) is 10.1 Å². The van der Waals surface area contributed by atoms with Crippen molar-refractivity contribution in [2.75, 3.05) is 13.7 Å². The number of carbonyl (C=O) groups excluding carboxylic acids is 2. The molecule has 0 aliphatic carbocycles. The Morgan fingerprint density at radius 3 is 2.88 bits per heavy atom. The van der Waals surface area contributed by atoms with E-state index in [1.807, 2.05) is 0 Å². The Morgan fingerprint density at radius 1 is 1.56 bits per heavy atom. The Labute approximate surface area is 97.6 Å². The highest BCUT2D eigenvalue weighted by atomic mass is 32.1. The standard InChI is InChI=1S/C10H14N2O3S/c1-15-9(13)2-3-12-5-8-4-7(6-16-8)10(11)14/h4,6,12H,2-3,5H2,1H3,(H2,11,14). The lowest BCUT2D eigenvalue weighted by atomic mass is 10.3. The van der Waals surface area contributed by atoms with Gasteiger partial charge in [-0.1, -0.05) is 0 Å². The second-order valence-corrected chi connectivity index (χ2v) is 4.16. The maximum Gasteiger partial charge on any atom is 0.306 e. The maximum absolute atomic E-state index is 10.8. The van der Waals surface area contributed by atoms with Gasteiger partial charge in [-0.3, -0.25) is 9.59 Å². The molecule has 0 atom stereocenters. The molecule has 6 heteroatoms. The number of hydrogen-bond acceptors (Lipinski definition) is 5. The molecule has 0 saturated heterocycles. The summed E-state index contributed by atoms with van der Waals surface area (Å²) in [5, 5.41) is 4.80. The summed E-state index contributed by atoms with van der Waals surface area (Å²) in [5.41, 5.74) is 5.65. The van der Waals surface area contributed by atoms with Gasteiger partial charge in [0.05, 0.1) is 19.1 Å². The predicted octanol–water partition coefficient (Wildman–Crippen LogP) is 0.500. The van der Waals surface area contributed by atoms with Gasteiger partial charge in [0.15, 0.2) is 0 Å². The quantitative estimate of drug-likeness (QED) is 0.562. The molecule has 5 nitrogen and oxygen atoms in total. The Morgan fingerprint density at radius 2 is 2.31 bits per heavy atom. The third kappa shape index (κ3) is 4.00. The molecule has 16 heavy (non-hydrogen) atoms. The number of amides is 1. The van der Waals surface area contributed by atoms with Crippen LogP contribution in [0.15, 0.2) is 11.4 Å². The molecule has 1 amide bonds. The number of rotatable bonds is 6.